The van der Waals surface area contributed by atoms with Crippen molar-refractivity contribution in [1.82, 2.24) is 4.72 Å². The van der Waals surface area contributed by atoms with E-state index >= 15 is 0 Å². The molecule has 0 heterocycles. The van der Waals surface area contributed by atoms with Gasteiger partial charge in [0.15, 0.2) is 0 Å². The molecular weight excluding hydrogens is 372 g/mol. The third kappa shape index (κ3) is 5.53. The number of hydrogen-bond donors (Lipinski definition) is 4. The molecule has 8 nitrogen and oxygen atoms in total. The Labute approximate surface area is 156 Å². The number of benzene rings is 2. The van der Waals surface area contributed by atoms with Gasteiger partial charge < -0.3 is 15.5 Å². The molecule has 0 radical (unpaired) electrons. The van der Waals surface area contributed by atoms with Crippen LogP contribution in [0.2, 0.25) is 0 Å². The normalized spacial score (nSPS) is 12.4. The molecule has 0 saturated heterocycles. The molecule has 0 unspecified atom stereocenters. The number of carbonyl (C=O) groups is 2. The van der Waals surface area contributed by atoms with Crippen LogP contribution in [0.1, 0.15) is 18.1 Å². The number of phenols is 1. The average molecular weight is 392 g/mol. The van der Waals surface area contributed by atoms with Gasteiger partial charge in [-0.15, -0.1) is 0 Å². The molecule has 27 heavy (non-hydrogen) atoms. The van der Waals surface area contributed by atoms with E-state index in [-0.39, 0.29) is 22.8 Å². The van der Waals surface area contributed by atoms with Gasteiger partial charge in [0.05, 0.1) is 10.6 Å². The second-order valence-corrected chi connectivity index (χ2v) is 7.78. The van der Waals surface area contributed by atoms with Gasteiger partial charge in [0, 0.05) is 6.92 Å². The van der Waals surface area contributed by atoms with E-state index in [9.17, 15) is 28.2 Å². The second-order valence-electron chi connectivity index (χ2n) is 6.06. The molecule has 0 aromatic heterocycles. The number of amides is 1. The smallest absolute Gasteiger partial charge is 0.322 e. The van der Waals surface area contributed by atoms with Gasteiger partial charge >= 0.3 is 5.97 Å². The van der Waals surface area contributed by atoms with Crippen LogP contribution >= 0.6 is 0 Å². The maximum absolute atomic E-state index is 12.4. The van der Waals surface area contributed by atoms with Crippen molar-refractivity contribution in [3.63, 3.8) is 0 Å². The summed E-state index contributed by atoms with van der Waals surface area (Å²) in [6.07, 6.45) is -0.173. The molecule has 0 bridgehead atoms. The summed E-state index contributed by atoms with van der Waals surface area (Å²) in [6, 6.07) is 8.75. The quantitative estimate of drug-likeness (QED) is 0.530. The Kier molecular flexibility index (Phi) is 6.19. The number of carboxylic acids is 1. The Hall–Kier alpha value is -2.91. The van der Waals surface area contributed by atoms with Gasteiger partial charge in [0.25, 0.3) is 0 Å². The average Bonchev–Trinajstić information content (AvgIpc) is 2.57. The zero-order valence-electron chi connectivity index (χ0n) is 14.8. The highest BCUT2D eigenvalue weighted by Crippen LogP contribution is 2.25. The van der Waals surface area contributed by atoms with Crippen LogP contribution in [0.5, 0.6) is 5.75 Å². The molecular formula is C18H20N2O6S. The van der Waals surface area contributed by atoms with E-state index in [1.54, 1.807) is 19.1 Å². The molecule has 0 fully saturated rings. The van der Waals surface area contributed by atoms with Crippen LogP contribution in [-0.4, -0.2) is 36.5 Å². The first-order chi connectivity index (χ1) is 12.6. The monoisotopic (exact) mass is 392 g/mol. The predicted octanol–water partition coefficient (Wildman–Crippen LogP) is 1.63. The van der Waals surface area contributed by atoms with Gasteiger partial charge in [-0.3, -0.25) is 9.59 Å². The summed E-state index contributed by atoms with van der Waals surface area (Å²) < 4.78 is 27.1. The molecule has 1 atom stereocenters. The zero-order chi connectivity index (χ0) is 20.2. The minimum Gasteiger partial charge on any atom is -0.506 e. The Morgan fingerprint density at radius 2 is 1.74 bits per heavy atom. The summed E-state index contributed by atoms with van der Waals surface area (Å²) in [5.41, 5.74) is 1.42. The fourth-order valence-corrected chi connectivity index (χ4v) is 3.58. The summed E-state index contributed by atoms with van der Waals surface area (Å²) in [5, 5.41) is 21.6. The highest BCUT2D eigenvalue weighted by Gasteiger charge is 2.26. The number of phenolic OH excluding ortho intramolecular Hbond substituents is 1. The fraction of sp³-hybridized carbons (Fsp3) is 0.222. The van der Waals surface area contributed by atoms with Gasteiger partial charge in [-0.25, -0.2) is 8.42 Å². The van der Waals surface area contributed by atoms with Gasteiger partial charge in [-0.1, -0.05) is 23.8 Å². The van der Waals surface area contributed by atoms with Crippen molar-refractivity contribution in [2.75, 3.05) is 5.32 Å². The van der Waals surface area contributed by atoms with E-state index in [1.807, 2.05) is 0 Å². The van der Waals surface area contributed by atoms with Crippen LogP contribution in [0.4, 0.5) is 5.69 Å². The third-order valence-electron chi connectivity index (χ3n) is 3.74. The van der Waals surface area contributed by atoms with E-state index < -0.39 is 27.9 Å². The van der Waals surface area contributed by atoms with Gasteiger partial charge in [-0.05, 0) is 43.2 Å². The number of anilines is 1. The highest BCUT2D eigenvalue weighted by molar-refractivity contribution is 7.89. The SMILES string of the molecule is CC(=O)Nc1cc(C[C@H](NS(=O)(=O)c2ccc(C)cc2)C(=O)O)ccc1O. The summed E-state index contributed by atoms with van der Waals surface area (Å²) >= 11 is 0. The molecule has 0 spiro atoms. The number of rotatable bonds is 7. The van der Waals surface area contributed by atoms with Crippen molar-refractivity contribution in [2.24, 2.45) is 0 Å². The molecule has 0 aliphatic heterocycles. The Bertz CT molecular complexity index is 954. The summed E-state index contributed by atoms with van der Waals surface area (Å²) in [6.45, 7) is 3.07. The van der Waals surface area contributed by atoms with E-state index in [4.69, 9.17) is 0 Å². The van der Waals surface area contributed by atoms with Crippen LogP contribution in [0, 0.1) is 6.92 Å². The number of hydrogen-bond acceptors (Lipinski definition) is 5. The van der Waals surface area contributed by atoms with Crippen LogP contribution in [-0.2, 0) is 26.0 Å². The number of aryl methyl sites for hydroxylation is 1. The maximum atomic E-state index is 12.4. The number of carbonyl (C=O) groups excluding carboxylic acids is 1. The minimum atomic E-state index is -4.03. The maximum Gasteiger partial charge on any atom is 0.322 e. The fourth-order valence-electron chi connectivity index (χ4n) is 2.39. The van der Waals surface area contributed by atoms with Gasteiger partial charge in [0.2, 0.25) is 15.9 Å². The molecule has 0 aliphatic rings. The number of aromatic hydroxyl groups is 1. The van der Waals surface area contributed by atoms with E-state index in [0.29, 0.717) is 5.56 Å². The van der Waals surface area contributed by atoms with Gasteiger partial charge in [0.1, 0.15) is 11.8 Å². The van der Waals surface area contributed by atoms with Crippen molar-refractivity contribution in [3.8, 4) is 5.75 Å². The first-order valence-electron chi connectivity index (χ1n) is 8.00. The molecule has 1 amide bonds. The Morgan fingerprint density at radius 1 is 1.11 bits per heavy atom. The van der Waals surface area contributed by atoms with Crippen molar-refractivity contribution < 1.29 is 28.2 Å². The minimum absolute atomic E-state index is 0.0380. The third-order valence-corrected chi connectivity index (χ3v) is 5.23. The van der Waals surface area contributed by atoms with Crippen LogP contribution < -0.4 is 10.0 Å². The first-order valence-corrected chi connectivity index (χ1v) is 9.48. The lowest BCUT2D eigenvalue weighted by Gasteiger charge is -2.16. The van der Waals surface area contributed by atoms with Crippen molar-refractivity contribution >= 4 is 27.6 Å². The first kappa shape index (κ1) is 20.4. The van der Waals surface area contributed by atoms with E-state index in [1.165, 1.54) is 37.3 Å². The zero-order valence-corrected chi connectivity index (χ0v) is 15.6. The highest BCUT2D eigenvalue weighted by atomic mass is 32.2. The molecule has 2 aromatic carbocycles. The van der Waals surface area contributed by atoms with Crippen LogP contribution in [0.3, 0.4) is 0 Å². The topological polar surface area (TPSA) is 133 Å². The van der Waals surface area contributed by atoms with Crippen molar-refractivity contribution in [2.45, 2.75) is 31.2 Å². The number of carboxylic acid groups (broad SMARTS) is 1. The van der Waals surface area contributed by atoms with E-state index in [2.05, 4.69) is 10.0 Å². The predicted molar refractivity (Wildman–Crippen MR) is 99.0 cm³/mol. The molecule has 9 heteroatoms. The Morgan fingerprint density at radius 3 is 2.30 bits per heavy atom. The molecule has 0 saturated carbocycles. The van der Waals surface area contributed by atoms with Crippen LogP contribution in [0.15, 0.2) is 47.4 Å². The van der Waals surface area contributed by atoms with Crippen molar-refractivity contribution in [3.05, 3.63) is 53.6 Å². The lowest BCUT2D eigenvalue weighted by molar-refractivity contribution is -0.138. The lowest BCUT2D eigenvalue weighted by atomic mass is 10.1. The Balaban J connectivity index is 2.24. The molecule has 2 rings (SSSR count). The molecule has 0 aliphatic carbocycles. The second kappa shape index (κ2) is 8.19. The summed E-state index contributed by atoms with van der Waals surface area (Å²) in [7, 11) is -4.03. The molecule has 144 valence electrons. The van der Waals surface area contributed by atoms with Crippen LogP contribution in [0.25, 0.3) is 0 Å². The summed E-state index contributed by atoms with van der Waals surface area (Å²) in [4.78, 5) is 22.7. The largest absolute Gasteiger partial charge is 0.506 e. The number of nitrogens with one attached hydrogen (secondary N) is 2. The number of aliphatic carboxylic acids is 1. The standard InChI is InChI=1S/C18H20N2O6S/c1-11-3-6-14(7-4-11)27(25,26)20-16(18(23)24)10-13-5-8-17(22)15(9-13)19-12(2)21/h3-9,16,20,22H,10H2,1-2H3,(H,19,21)(H,23,24)/t16-/m0/s1. The number of sulfonamides is 1. The summed E-state index contributed by atoms with van der Waals surface area (Å²) in [5.74, 6) is -1.93. The van der Waals surface area contributed by atoms with E-state index in [0.717, 1.165) is 5.56 Å². The molecule has 4 N–H and O–H groups in total. The lowest BCUT2D eigenvalue weighted by Crippen LogP contribution is -2.42. The van der Waals surface area contributed by atoms with Gasteiger partial charge in [-0.2, -0.15) is 4.72 Å². The molecule has 2 aromatic rings. The van der Waals surface area contributed by atoms with Crippen molar-refractivity contribution in [1.29, 1.82) is 0 Å².